The van der Waals surface area contributed by atoms with Gasteiger partial charge in [-0.3, -0.25) is 28.3 Å². The molecule has 0 radical (unpaired) electrons. The molecule has 10 rings (SSSR count). The standard InChI is InChI=1S/C25H32N6O.C24H28F2N6O/c1-16(2)31-23-8-10-29(18(4)32)15-22(23)25(27-31)30-9-6-7-19-12-21(17(3)11-24(19)30)20-13-26-28(5)14-20;1-14(2)32-21-6-7-30(15(3)33)13-20(21)24(28-32)31-8-5-16-9-18(17-11-27-29(4)12-17)19(23(25)26)10-22(16)31/h11-14,16H,6-10,15H2,1-5H3;9-12,14,23H,5-8,13H2,1-4H3. The molecule has 0 saturated carbocycles. The van der Waals surface area contributed by atoms with Crippen molar-refractivity contribution >= 4 is 34.8 Å². The second kappa shape index (κ2) is 17.2. The number of aromatic nitrogens is 8. The summed E-state index contributed by atoms with van der Waals surface area (Å²) in [6, 6.07) is 8.59. The molecule has 4 aliphatic rings. The van der Waals surface area contributed by atoms with Crippen molar-refractivity contribution in [1.29, 1.82) is 0 Å². The number of nitrogens with zero attached hydrogens (tertiary/aromatic N) is 12. The number of alkyl halides is 2. The summed E-state index contributed by atoms with van der Waals surface area (Å²) in [4.78, 5) is 32.4. The molecule has 0 N–H and O–H groups in total. The van der Waals surface area contributed by atoms with Crippen molar-refractivity contribution in [3.63, 3.8) is 0 Å². The summed E-state index contributed by atoms with van der Waals surface area (Å²) < 4.78 is 35.9. The van der Waals surface area contributed by atoms with E-state index in [4.69, 9.17) is 10.2 Å². The molecule has 0 fully saturated rings. The summed E-state index contributed by atoms with van der Waals surface area (Å²) in [6.07, 6.45) is 9.28. The van der Waals surface area contributed by atoms with Crippen LogP contribution in [0.25, 0.3) is 22.3 Å². The van der Waals surface area contributed by atoms with Gasteiger partial charge >= 0.3 is 0 Å². The van der Waals surface area contributed by atoms with Crippen LogP contribution in [0.3, 0.4) is 0 Å². The second-order valence-corrected chi connectivity index (χ2v) is 18.6. The number of halogens is 2. The van der Waals surface area contributed by atoms with Gasteiger partial charge in [-0.1, -0.05) is 0 Å². The lowest BCUT2D eigenvalue weighted by molar-refractivity contribution is -0.130. The Morgan fingerprint density at radius 2 is 1.12 bits per heavy atom. The number of amides is 2. The average Bonchev–Trinajstić information content (AvgIpc) is 4.12. The highest BCUT2D eigenvalue weighted by Gasteiger charge is 2.35. The highest BCUT2D eigenvalue weighted by atomic mass is 19.3. The molecule has 0 aliphatic carbocycles. The monoisotopic (exact) mass is 886 g/mol. The van der Waals surface area contributed by atoms with Gasteiger partial charge in [0, 0.05) is 142 Å². The van der Waals surface area contributed by atoms with Crippen molar-refractivity contribution in [2.75, 3.05) is 36.0 Å². The number of aryl methyl sites for hydroxylation is 4. The predicted molar refractivity (Wildman–Crippen MR) is 248 cm³/mol. The van der Waals surface area contributed by atoms with E-state index in [1.807, 2.05) is 38.5 Å². The highest BCUT2D eigenvalue weighted by Crippen LogP contribution is 2.45. The van der Waals surface area contributed by atoms with Crippen molar-refractivity contribution in [1.82, 2.24) is 48.9 Å². The summed E-state index contributed by atoms with van der Waals surface area (Å²) in [5.74, 6) is 1.97. The molecule has 0 spiro atoms. The van der Waals surface area contributed by atoms with Crippen LogP contribution in [0.5, 0.6) is 0 Å². The first-order valence-electron chi connectivity index (χ1n) is 22.9. The third-order valence-electron chi connectivity index (χ3n) is 13.5. The van der Waals surface area contributed by atoms with E-state index >= 15 is 0 Å². The maximum Gasteiger partial charge on any atom is 0.264 e. The van der Waals surface area contributed by atoms with Gasteiger partial charge in [0.05, 0.1) is 25.5 Å². The van der Waals surface area contributed by atoms with Crippen molar-refractivity contribution in [3.8, 4) is 22.3 Å². The van der Waals surface area contributed by atoms with Crippen LogP contribution < -0.4 is 9.80 Å². The smallest absolute Gasteiger partial charge is 0.264 e. The van der Waals surface area contributed by atoms with Crippen LogP contribution in [0.1, 0.15) is 111 Å². The number of hydrogen-bond donors (Lipinski definition) is 0. The van der Waals surface area contributed by atoms with Gasteiger partial charge in [-0.2, -0.15) is 20.4 Å². The van der Waals surface area contributed by atoms with E-state index < -0.39 is 6.43 Å². The predicted octanol–water partition coefficient (Wildman–Crippen LogP) is 8.56. The fourth-order valence-electron chi connectivity index (χ4n) is 10.2. The van der Waals surface area contributed by atoms with Crippen molar-refractivity contribution in [2.24, 2.45) is 14.1 Å². The van der Waals surface area contributed by atoms with E-state index in [9.17, 15) is 18.4 Å². The van der Waals surface area contributed by atoms with Gasteiger partial charge in [0.2, 0.25) is 11.8 Å². The van der Waals surface area contributed by atoms with Crippen molar-refractivity contribution in [3.05, 3.63) is 93.8 Å². The molecule has 8 heterocycles. The van der Waals surface area contributed by atoms with Crippen molar-refractivity contribution < 1.29 is 18.4 Å². The molecule has 2 amide bonds. The third kappa shape index (κ3) is 8.09. The summed E-state index contributed by atoms with van der Waals surface area (Å²) in [6.45, 7) is 18.1. The lowest BCUT2D eigenvalue weighted by Crippen LogP contribution is -2.35. The number of rotatable bonds is 7. The number of carbonyl (C=O) groups is 2. The first-order chi connectivity index (χ1) is 31.1. The lowest BCUT2D eigenvalue weighted by atomic mass is 9.93. The lowest BCUT2D eigenvalue weighted by Gasteiger charge is -2.33. The molecule has 342 valence electrons. The van der Waals surface area contributed by atoms with E-state index in [2.05, 4.69) is 77.6 Å². The topological polar surface area (TPSA) is 118 Å². The number of carbonyl (C=O) groups excluding carboxylic acids is 2. The number of fused-ring (bicyclic) bond motifs is 4. The molecule has 6 aromatic rings. The van der Waals surface area contributed by atoms with E-state index in [0.29, 0.717) is 43.3 Å². The van der Waals surface area contributed by atoms with Crippen LogP contribution in [0.15, 0.2) is 49.1 Å². The normalized spacial score (nSPS) is 15.7. The van der Waals surface area contributed by atoms with Crippen LogP contribution in [0, 0.1) is 6.92 Å². The van der Waals surface area contributed by atoms with E-state index in [0.717, 1.165) is 84.9 Å². The van der Waals surface area contributed by atoms with Gasteiger partial charge < -0.3 is 19.6 Å². The zero-order valence-electron chi connectivity index (χ0n) is 39.1. The van der Waals surface area contributed by atoms with Crippen LogP contribution in [-0.2, 0) is 62.5 Å². The Labute approximate surface area is 379 Å². The van der Waals surface area contributed by atoms with E-state index in [-0.39, 0.29) is 23.4 Å². The molecule has 4 aliphatic heterocycles. The molecular formula is C49H60F2N12O2. The largest absolute Gasteiger partial charge is 0.338 e. The van der Waals surface area contributed by atoms with E-state index in [1.165, 1.54) is 33.6 Å². The van der Waals surface area contributed by atoms with Crippen LogP contribution in [0.2, 0.25) is 0 Å². The summed E-state index contributed by atoms with van der Waals surface area (Å²) in [5.41, 5.74) is 13.9. The van der Waals surface area contributed by atoms with Crippen LogP contribution >= 0.6 is 0 Å². The molecule has 0 bridgehead atoms. The Hall–Kier alpha value is -6.32. The van der Waals surface area contributed by atoms with Gasteiger partial charge in [0.25, 0.3) is 6.43 Å². The molecule has 4 aromatic heterocycles. The zero-order chi connectivity index (χ0) is 46.0. The molecule has 16 heteroatoms. The molecule has 0 unspecified atom stereocenters. The summed E-state index contributed by atoms with van der Waals surface area (Å²) in [5, 5.41) is 18.6. The van der Waals surface area contributed by atoms with Gasteiger partial charge in [-0.15, -0.1) is 0 Å². The minimum Gasteiger partial charge on any atom is -0.338 e. The Bertz CT molecular complexity index is 2790. The fourth-order valence-corrected chi connectivity index (χ4v) is 10.2. The Balaban J connectivity index is 0.000000164. The molecule has 14 nitrogen and oxygen atoms in total. The summed E-state index contributed by atoms with van der Waals surface area (Å²) >= 11 is 0. The summed E-state index contributed by atoms with van der Waals surface area (Å²) in [7, 11) is 3.73. The Morgan fingerprint density at radius 3 is 1.62 bits per heavy atom. The SMILES string of the molecule is CC(=O)N1CCc2c(c(N3CCCc4cc(-c5cnn(C)c5)c(C)cc43)nn2C(C)C)C1.CC(=O)N1CCc2c(c(N3CCc4cc(-c5cnn(C)c5)c(C(F)F)cc43)nn2C(C)C)C1. The maximum atomic E-state index is 14.1. The third-order valence-corrected chi connectivity index (χ3v) is 13.5. The van der Waals surface area contributed by atoms with Gasteiger partial charge in [-0.05, 0) is 106 Å². The zero-order valence-corrected chi connectivity index (χ0v) is 39.1. The number of anilines is 4. The first kappa shape index (κ1) is 43.9. The van der Waals surface area contributed by atoms with Gasteiger partial charge in [-0.25, -0.2) is 8.78 Å². The van der Waals surface area contributed by atoms with E-state index in [1.54, 1.807) is 44.0 Å². The average molecular weight is 887 g/mol. The van der Waals surface area contributed by atoms with Crippen LogP contribution in [0.4, 0.5) is 31.8 Å². The Kier molecular flexibility index (Phi) is 11.6. The molecule has 2 aromatic carbocycles. The molecule has 65 heavy (non-hydrogen) atoms. The fraction of sp³-hybridized carbons (Fsp3) is 0.469. The second-order valence-electron chi connectivity index (χ2n) is 18.6. The molecular weight excluding hydrogens is 827 g/mol. The minimum absolute atomic E-state index is 0.00354. The maximum absolute atomic E-state index is 14.1. The van der Waals surface area contributed by atoms with Crippen LogP contribution in [-0.4, -0.2) is 86.9 Å². The van der Waals surface area contributed by atoms with Crippen molar-refractivity contribution in [2.45, 2.75) is 112 Å². The van der Waals surface area contributed by atoms with Gasteiger partial charge in [0.15, 0.2) is 11.6 Å². The first-order valence-corrected chi connectivity index (χ1v) is 22.9. The Morgan fingerprint density at radius 1 is 0.631 bits per heavy atom. The number of benzene rings is 2. The number of hydrogen-bond acceptors (Lipinski definition) is 8. The highest BCUT2D eigenvalue weighted by molar-refractivity contribution is 5.80. The molecule has 0 atom stereocenters. The minimum atomic E-state index is -2.61. The van der Waals surface area contributed by atoms with Gasteiger partial charge in [0.1, 0.15) is 0 Å². The quantitative estimate of drug-likeness (QED) is 0.157. The molecule has 0 saturated heterocycles.